The van der Waals surface area contributed by atoms with Gasteiger partial charge >= 0.3 is 23.9 Å². The molecule has 0 bridgehead atoms. The number of carboxylic acid groups (broad SMARTS) is 4. The number of rotatable bonds is 10. The molecule has 0 saturated carbocycles. The number of aliphatic hydroxyl groups excluding tert-OH is 1. The van der Waals surface area contributed by atoms with Crippen LogP contribution < -0.4 is 15.3 Å². The van der Waals surface area contributed by atoms with E-state index in [1.165, 1.54) is 48.5 Å². The summed E-state index contributed by atoms with van der Waals surface area (Å²) in [5.74, 6) is -5.50. The van der Waals surface area contributed by atoms with Crippen LogP contribution in [0.1, 0.15) is 18.4 Å². The quantitative estimate of drug-likeness (QED) is 0.308. The second-order valence-corrected chi connectivity index (χ2v) is 7.94. The number of carbonyl (C=O) groups is 5. The number of nitrogens with zero attached hydrogens (tertiary/aromatic N) is 1. The van der Waals surface area contributed by atoms with Crippen molar-refractivity contribution in [3.8, 4) is 0 Å². The molecule has 36 heavy (non-hydrogen) atoms. The van der Waals surface area contributed by atoms with Crippen molar-refractivity contribution in [1.29, 1.82) is 0 Å². The predicted octanol–water partition coefficient (Wildman–Crippen LogP) is 0.465. The number of Topliss-reactive ketones (excluding diaryl/α,β-unsaturated/α-hetero) is 1. The Balaban J connectivity index is 1.95. The van der Waals surface area contributed by atoms with Crippen molar-refractivity contribution in [3.05, 3.63) is 70.3 Å². The van der Waals surface area contributed by atoms with Gasteiger partial charge in [-0.15, -0.1) is 0 Å². The summed E-state index contributed by atoms with van der Waals surface area (Å²) in [6.45, 7) is -1.07. The number of hydrogen-bond donors (Lipinski definition) is 5. The van der Waals surface area contributed by atoms with Gasteiger partial charge in [-0.25, -0.2) is 0 Å². The summed E-state index contributed by atoms with van der Waals surface area (Å²) in [6, 6.07) is 11.8. The van der Waals surface area contributed by atoms with Crippen molar-refractivity contribution in [2.45, 2.75) is 12.8 Å². The number of carbonyl (C=O) groups excluding carboxylic acids is 1. The molecule has 0 spiro atoms. The van der Waals surface area contributed by atoms with Crippen molar-refractivity contribution >= 4 is 52.1 Å². The molecule has 5 N–H and O–H groups in total. The number of anilines is 1. The molecule has 11 nitrogen and oxygen atoms in total. The minimum absolute atomic E-state index is 0.0349. The summed E-state index contributed by atoms with van der Waals surface area (Å²) in [7, 11) is 0. The highest BCUT2D eigenvalue weighted by molar-refractivity contribution is 6.51. The van der Waals surface area contributed by atoms with Crippen molar-refractivity contribution in [2.24, 2.45) is 0 Å². The number of allylic oxidation sites excluding steroid dienone is 2. The van der Waals surface area contributed by atoms with E-state index in [4.69, 9.17) is 20.4 Å². The van der Waals surface area contributed by atoms with E-state index in [2.05, 4.69) is 0 Å². The lowest BCUT2D eigenvalue weighted by molar-refractivity contribution is -0.138. The highest BCUT2D eigenvalue weighted by atomic mass is 16.4. The van der Waals surface area contributed by atoms with Crippen molar-refractivity contribution in [2.75, 3.05) is 18.0 Å². The first-order valence-corrected chi connectivity index (χ1v) is 10.5. The predicted molar refractivity (Wildman–Crippen MR) is 125 cm³/mol. The average molecular weight is 495 g/mol. The molecule has 0 aromatic heterocycles. The molecule has 0 unspecified atom stereocenters. The molecule has 0 saturated heterocycles. The van der Waals surface area contributed by atoms with Crippen molar-refractivity contribution < 1.29 is 49.5 Å². The third-order valence-corrected chi connectivity index (χ3v) is 5.41. The Bertz CT molecular complexity index is 1360. The van der Waals surface area contributed by atoms with Gasteiger partial charge in [-0.1, -0.05) is 36.4 Å². The molecular formula is C25H21NO10. The lowest BCUT2D eigenvalue weighted by Crippen LogP contribution is -2.34. The fourth-order valence-electron chi connectivity index (χ4n) is 3.85. The van der Waals surface area contributed by atoms with Crippen LogP contribution in [0.2, 0.25) is 0 Å². The van der Waals surface area contributed by atoms with E-state index in [1.54, 1.807) is 0 Å². The summed E-state index contributed by atoms with van der Waals surface area (Å²) in [5, 5.41) is 47.4. The zero-order valence-corrected chi connectivity index (χ0v) is 18.7. The summed E-state index contributed by atoms with van der Waals surface area (Å²) < 4.78 is 0. The number of aliphatic hydroxyl groups is 1. The fourth-order valence-corrected chi connectivity index (χ4v) is 3.85. The topological polar surface area (TPSA) is 190 Å². The monoisotopic (exact) mass is 495 g/mol. The lowest BCUT2D eigenvalue weighted by Gasteiger charge is -2.23. The van der Waals surface area contributed by atoms with Crippen LogP contribution in [-0.4, -0.2) is 68.3 Å². The van der Waals surface area contributed by atoms with Crippen LogP contribution in [0.5, 0.6) is 0 Å². The number of benzene rings is 2. The molecule has 186 valence electrons. The van der Waals surface area contributed by atoms with E-state index in [0.29, 0.717) is 21.7 Å². The van der Waals surface area contributed by atoms with Crippen LogP contribution in [0.15, 0.2) is 54.3 Å². The number of aliphatic carboxylic acids is 4. The molecule has 2 aromatic carbocycles. The lowest BCUT2D eigenvalue weighted by atomic mass is 9.82. The summed E-state index contributed by atoms with van der Waals surface area (Å²) in [5.41, 5.74) is 0.923. The largest absolute Gasteiger partial charge is 0.506 e. The second-order valence-electron chi connectivity index (χ2n) is 7.94. The third kappa shape index (κ3) is 5.76. The summed E-state index contributed by atoms with van der Waals surface area (Å²) in [4.78, 5) is 58.1. The Kier molecular flexibility index (Phi) is 7.53. The van der Waals surface area contributed by atoms with Crippen LogP contribution >= 0.6 is 0 Å². The van der Waals surface area contributed by atoms with Gasteiger partial charge in [0.05, 0.1) is 24.0 Å². The van der Waals surface area contributed by atoms with Crippen LogP contribution in [0.25, 0.3) is 16.7 Å². The normalized spacial score (nSPS) is 12.7. The Morgan fingerprint density at radius 3 is 1.58 bits per heavy atom. The Morgan fingerprint density at radius 1 is 0.667 bits per heavy atom. The Morgan fingerprint density at radius 2 is 1.17 bits per heavy atom. The Hall–Kier alpha value is -4.93. The van der Waals surface area contributed by atoms with Crippen LogP contribution in [0.4, 0.5) is 5.69 Å². The maximum atomic E-state index is 12.8. The van der Waals surface area contributed by atoms with E-state index in [1.807, 2.05) is 0 Å². The molecule has 0 heterocycles. The minimum atomic E-state index is -1.21. The molecule has 0 fully saturated rings. The zero-order valence-electron chi connectivity index (χ0n) is 18.7. The van der Waals surface area contributed by atoms with Gasteiger partial charge in [0.2, 0.25) is 5.78 Å². The fraction of sp³-hybridized carbons (Fsp3) is 0.160. The summed E-state index contributed by atoms with van der Waals surface area (Å²) >= 11 is 0. The molecule has 1 aliphatic carbocycles. The molecular weight excluding hydrogens is 474 g/mol. The average Bonchev–Trinajstić information content (AvgIpc) is 2.78. The zero-order chi connectivity index (χ0) is 26.6. The molecule has 0 amide bonds. The van der Waals surface area contributed by atoms with Gasteiger partial charge in [-0.05, 0) is 33.7 Å². The maximum absolute atomic E-state index is 12.8. The van der Waals surface area contributed by atoms with Crippen molar-refractivity contribution in [1.82, 2.24) is 0 Å². The second kappa shape index (κ2) is 10.6. The van der Waals surface area contributed by atoms with Crippen LogP contribution in [0.3, 0.4) is 0 Å². The molecule has 3 rings (SSSR count). The maximum Gasteiger partial charge on any atom is 0.323 e. The van der Waals surface area contributed by atoms with Gasteiger partial charge in [-0.2, -0.15) is 0 Å². The molecule has 0 atom stereocenters. The first-order valence-electron chi connectivity index (χ1n) is 10.5. The first-order chi connectivity index (χ1) is 17.0. The summed E-state index contributed by atoms with van der Waals surface area (Å²) in [6.07, 6.45) is -0.911. The van der Waals surface area contributed by atoms with E-state index in [-0.39, 0.29) is 22.5 Å². The van der Waals surface area contributed by atoms with Gasteiger partial charge in [-0.3, -0.25) is 24.0 Å². The van der Waals surface area contributed by atoms with Gasteiger partial charge in [0.1, 0.15) is 18.8 Å². The van der Waals surface area contributed by atoms with Crippen LogP contribution in [-0.2, 0) is 24.0 Å². The van der Waals surface area contributed by atoms with Crippen LogP contribution in [0, 0.1) is 0 Å². The SMILES string of the molecule is O=C(O)CC(CC(=O)O)=c1ccc(=C2C(=O)C(c3ccc(N(CC(=O)O)CC(=O)O)cc3)=C2O)cc1. The molecule has 11 heteroatoms. The Labute approximate surface area is 203 Å². The smallest absolute Gasteiger partial charge is 0.323 e. The van der Waals surface area contributed by atoms with Crippen molar-refractivity contribution in [3.63, 3.8) is 0 Å². The van der Waals surface area contributed by atoms with E-state index < -0.39 is 55.6 Å². The minimum Gasteiger partial charge on any atom is -0.506 e. The highest BCUT2D eigenvalue weighted by Crippen LogP contribution is 2.36. The van der Waals surface area contributed by atoms with Gasteiger partial charge in [0.25, 0.3) is 0 Å². The third-order valence-electron chi connectivity index (χ3n) is 5.41. The van der Waals surface area contributed by atoms with E-state index in [0.717, 1.165) is 4.90 Å². The molecule has 0 radical (unpaired) electrons. The highest BCUT2D eigenvalue weighted by Gasteiger charge is 2.35. The van der Waals surface area contributed by atoms with E-state index >= 15 is 0 Å². The van der Waals surface area contributed by atoms with Gasteiger partial charge in [0.15, 0.2) is 0 Å². The number of ketones is 1. The number of carboxylic acids is 4. The van der Waals surface area contributed by atoms with E-state index in [9.17, 15) is 29.1 Å². The van der Waals surface area contributed by atoms with Gasteiger partial charge in [0, 0.05) is 5.69 Å². The first kappa shape index (κ1) is 25.7. The molecule has 1 aliphatic rings. The standard InChI is InChI=1S/C25H21NO10/c27-18(28)9-16(10-19(29)30)13-1-3-14(4-2-13)22-24(35)23(25(22)36)15-5-7-17(8-6-15)26(11-20(31)32)12-21(33)34/h1-8,35H,9-12H2,(H,27,28)(H,29,30)(H,31,32)(H,33,34). The number of hydrogen-bond acceptors (Lipinski definition) is 7. The molecule has 0 aliphatic heterocycles. The van der Waals surface area contributed by atoms with Gasteiger partial charge < -0.3 is 30.4 Å². The molecule has 2 aromatic rings.